The van der Waals surface area contributed by atoms with Crippen LogP contribution in [0.2, 0.25) is 0 Å². The van der Waals surface area contributed by atoms with Crippen molar-refractivity contribution in [3.8, 4) is 22.5 Å². The Hall–Kier alpha value is -3.74. The number of nitro groups is 1. The third-order valence-electron chi connectivity index (χ3n) is 4.01. The van der Waals surface area contributed by atoms with Crippen molar-refractivity contribution in [1.82, 2.24) is 15.0 Å². The Kier molecular flexibility index (Phi) is 3.39. The Morgan fingerprint density at radius 1 is 1.04 bits per heavy atom. The van der Waals surface area contributed by atoms with E-state index in [-0.39, 0.29) is 11.2 Å². The fourth-order valence-electron chi connectivity index (χ4n) is 2.93. The molecule has 0 aliphatic heterocycles. The van der Waals surface area contributed by atoms with Crippen molar-refractivity contribution in [3.63, 3.8) is 0 Å². The first kappa shape index (κ1) is 14.8. The van der Waals surface area contributed by atoms with Gasteiger partial charge >= 0.3 is 0 Å². The Balaban J connectivity index is 2.18. The fraction of sp³-hybridized carbons (Fsp3) is 0. The fourth-order valence-corrected chi connectivity index (χ4v) is 2.93. The first-order valence-electron chi connectivity index (χ1n) is 7.55. The SMILES string of the molecule is O=c1[nH]c2ccc([N+](=O)[O-])cc2c(-c2ccccc2)c1-c1ncc[nH]1. The Morgan fingerprint density at radius 2 is 1.84 bits per heavy atom. The van der Waals surface area contributed by atoms with Crippen LogP contribution in [0.3, 0.4) is 0 Å². The normalized spacial score (nSPS) is 10.9. The lowest BCUT2D eigenvalue weighted by molar-refractivity contribution is -0.384. The molecule has 0 spiro atoms. The summed E-state index contributed by atoms with van der Waals surface area (Å²) in [4.78, 5) is 33.3. The maximum Gasteiger partial charge on any atom is 0.270 e. The summed E-state index contributed by atoms with van der Waals surface area (Å²) in [5, 5.41) is 11.8. The molecule has 0 radical (unpaired) electrons. The summed E-state index contributed by atoms with van der Waals surface area (Å²) in [6.45, 7) is 0. The average molecular weight is 332 g/mol. The largest absolute Gasteiger partial charge is 0.344 e. The number of aromatic nitrogens is 3. The van der Waals surface area contributed by atoms with E-state index in [9.17, 15) is 14.9 Å². The molecule has 0 bridgehead atoms. The molecule has 4 aromatic rings. The lowest BCUT2D eigenvalue weighted by atomic mass is 9.95. The van der Waals surface area contributed by atoms with E-state index < -0.39 is 4.92 Å². The van der Waals surface area contributed by atoms with Gasteiger partial charge < -0.3 is 9.97 Å². The first-order valence-corrected chi connectivity index (χ1v) is 7.55. The lowest BCUT2D eigenvalue weighted by Crippen LogP contribution is -2.12. The quantitative estimate of drug-likeness (QED) is 0.442. The molecule has 7 nitrogen and oxygen atoms in total. The van der Waals surface area contributed by atoms with Crippen molar-refractivity contribution in [3.05, 3.63) is 81.4 Å². The van der Waals surface area contributed by atoms with Crippen molar-refractivity contribution >= 4 is 16.6 Å². The molecule has 0 saturated carbocycles. The monoisotopic (exact) mass is 332 g/mol. The molecule has 4 rings (SSSR count). The van der Waals surface area contributed by atoms with Gasteiger partial charge in [0, 0.05) is 41.0 Å². The minimum absolute atomic E-state index is 0.0397. The van der Waals surface area contributed by atoms with Gasteiger partial charge in [-0.15, -0.1) is 0 Å². The van der Waals surface area contributed by atoms with Gasteiger partial charge in [0.25, 0.3) is 11.2 Å². The Labute approximate surface area is 141 Å². The van der Waals surface area contributed by atoms with Gasteiger partial charge in [0.1, 0.15) is 5.82 Å². The van der Waals surface area contributed by atoms with E-state index in [1.165, 1.54) is 12.1 Å². The zero-order valence-electron chi connectivity index (χ0n) is 12.9. The molecule has 0 aliphatic carbocycles. The highest BCUT2D eigenvalue weighted by atomic mass is 16.6. The van der Waals surface area contributed by atoms with Crippen LogP contribution < -0.4 is 5.56 Å². The van der Waals surface area contributed by atoms with Gasteiger partial charge in [-0.25, -0.2) is 4.98 Å². The number of non-ortho nitro benzene ring substituents is 1. The predicted molar refractivity (Wildman–Crippen MR) is 94.2 cm³/mol. The zero-order chi connectivity index (χ0) is 17.4. The minimum Gasteiger partial charge on any atom is -0.344 e. The molecular formula is C18H12N4O3. The van der Waals surface area contributed by atoms with E-state index in [0.29, 0.717) is 27.9 Å². The van der Waals surface area contributed by atoms with Gasteiger partial charge in [-0.05, 0) is 11.6 Å². The van der Waals surface area contributed by atoms with Crippen LogP contribution in [0.15, 0.2) is 65.7 Å². The summed E-state index contributed by atoms with van der Waals surface area (Å²) in [5.41, 5.74) is 1.93. The number of hydrogen-bond donors (Lipinski definition) is 2. The van der Waals surface area contributed by atoms with Crippen molar-refractivity contribution < 1.29 is 4.92 Å². The first-order chi connectivity index (χ1) is 12.1. The molecule has 0 amide bonds. The number of rotatable bonds is 3. The van der Waals surface area contributed by atoms with E-state index in [4.69, 9.17) is 0 Å². The summed E-state index contributed by atoms with van der Waals surface area (Å²) in [6, 6.07) is 13.7. The second-order valence-corrected chi connectivity index (χ2v) is 5.49. The highest BCUT2D eigenvalue weighted by Gasteiger charge is 2.19. The maximum atomic E-state index is 12.7. The van der Waals surface area contributed by atoms with E-state index in [2.05, 4.69) is 15.0 Å². The van der Waals surface area contributed by atoms with Crippen molar-refractivity contribution in [1.29, 1.82) is 0 Å². The number of aromatic amines is 2. The number of pyridine rings is 1. The van der Waals surface area contributed by atoms with E-state index >= 15 is 0 Å². The van der Waals surface area contributed by atoms with Gasteiger partial charge in [0.15, 0.2) is 0 Å². The maximum absolute atomic E-state index is 12.7. The predicted octanol–water partition coefficient (Wildman–Crippen LogP) is 3.49. The van der Waals surface area contributed by atoms with Crippen LogP contribution in [0.25, 0.3) is 33.4 Å². The van der Waals surface area contributed by atoms with Gasteiger partial charge in [-0.1, -0.05) is 30.3 Å². The van der Waals surface area contributed by atoms with Gasteiger partial charge in [0.2, 0.25) is 0 Å². The van der Waals surface area contributed by atoms with E-state index in [0.717, 1.165) is 5.56 Å². The number of nitro benzene ring substituents is 1. The molecule has 2 aromatic carbocycles. The van der Waals surface area contributed by atoms with Gasteiger partial charge in [0.05, 0.1) is 10.5 Å². The van der Waals surface area contributed by atoms with Gasteiger partial charge in [-0.3, -0.25) is 14.9 Å². The summed E-state index contributed by atoms with van der Waals surface area (Å²) in [5.74, 6) is 0.411. The van der Waals surface area contributed by atoms with E-state index in [1.54, 1.807) is 18.5 Å². The average Bonchev–Trinajstić information content (AvgIpc) is 3.15. The third kappa shape index (κ3) is 2.47. The lowest BCUT2D eigenvalue weighted by Gasteiger charge is -2.11. The van der Waals surface area contributed by atoms with Crippen molar-refractivity contribution in [2.75, 3.05) is 0 Å². The van der Waals surface area contributed by atoms with Crippen LogP contribution in [0.5, 0.6) is 0 Å². The summed E-state index contributed by atoms with van der Waals surface area (Å²) >= 11 is 0. The Bertz CT molecular complexity index is 1130. The van der Waals surface area contributed by atoms with Crippen LogP contribution in [0.4, 0.5) is 5.69 Å². The highest BCUT2D eigenvalue weighted by molar-refractivity contribution is 6.02. The van der Waals surface area contributed by atoms with E-state index in [1.807, 2.05) is 30.3 Å². The molecule has 122 valence electrons. The van der Waals surface area contributed by atoms with Crippen LogP contribution in [-0.2, 0) is 0 Å². The minimum atomic E-state index is -0.452. The molecular weight excluding hydrogens is 320 g/mol. The molecule has 2 N–H and O–H groups in total. The molecule has 0 aliphatic rings. The number of nitrogens with one attached hydrogen (secondary N) is 2. The summed E-state index contributed by atoms with van der Waals surface area (Å²) < 4.78 is 0. The summed E-state index contributed by atoms with van der Waals surface area (Å²) in [6.07, 6.45) is 3.18. The number of fused-ring (bicyclic) bond motifs is 1. The molecule has 7 heteroatoms. The second-order valence-electron chi connectivity index (χ2n) is 5.49. The van der Waals surface area contributed by atoms with Crippen LogP contribution in [0, 0.1) is 10.1 Å². The molecule has 2 aromatic heterocycles. The zero-order valence-corrected chi connectivity index (χ0v) is 12.9. The van der Waals surface area contributed by atoms with Crippen molar-refractivity contribution in [2.24, 2.45) is 0 Å². The molecule has 25 heavy (non-hydrogen) atoms. The number of hydrogen-bond acceptors (Lipinski definition) is 4. The van der Waals surface area contributed by atoms with Crippen LogP contribution in [0.1, 0.15) is 0 Å². The van der Waals surface area contributed by atoms with Crippen LogP contribution in [-0.4, -0.2) is 19.9 Å². The number of benzene rings is 2. The molecule has 0 saturated heterocycles. The highest BCUT2D eigenvalue weighted by Crippen LogP contribution is 2.35. The molecule has 0 unspecified atom stereocenters. The smallest absolute Gasteiger partial charge is 0.270 e. The third-order valence-corrected chi connectivity index (χ3v) is 4.01. The van der Waals surface area contributed by atoms with Gasteiger partial charge in [-0.2, -0.15) is 0 Å². The number of nitrogens with zero attached hydrogens (tertiary/aromatic N) is 2. The number of imidazole rings is 1. The standard InChI is InChI=1S/C18H12N4O3/c23-18-16(17-19-8-9-20-17)15(11-4-2-1-3-5-11)13-10-12(22(24)25)6-7-14(13)21-18/h1-10H,(H,19,20)(H,21,23). The molecule has 0 atom stereocenters. The number of H-pyrrole nitrogens is 2. The second kappa shape index (κ2) is 5.72. The van der Waals surface area contributed by atoms with Crippen LogP contribution >= 0.6 is 0 Å². The Morgan fingerprint density at radius 3 is 2.52 bits per heavy atom. The topological polar surface area (TPSA) is 105 Å². The summed E-state index contributed by atoms with van der Waals surface area (Å²) in [7, 11) is 0. The molecule has 2 heterocycles. The van der Waals surface area contributed by atoms with Crippen molar-refractivity contribution in [2.45, 2.75) is 0 Å². The molecule has 0 fully saturated rings.